The van der Waals surface area contributed by atoms with Crippen LogP contribution in [-0.2, 0) is 47.9 Å². The number of carbonyl (C=O) groups is 10. The second-order valence-corrected chi connectivity index (χ2v) is 19.5. The highest BCUT2D eigenvalue weighted by Gasteiger charge is 2.37. The Kier molecular flexibility index (Phi) is 33.4. The number of guanidine groups is 1. The average Bonchev–Trinajstić information content (AvgIpc) is 3.34. The topological polar surface area (TPSA) is 450 Å². The summed E-state index contributed by atoms with van der Waals surface area (Å²) in [4.78, 5) is 138. The molecule has 9 amide bonds. The number of aliphatic hydroxyl groups excluding tert-OH is 1. The van der Waals surface area contributed by atoms with Gasteiger partial charge in [0.15, 0.2) is 5.96 Å². The van der Waals surface area contributed by atoms with Crippen LogP contribution in [0.1, 0.15) is 126 Å². The minimum Gasteiger partial charge on any atom is -0.480 e. The van der Waals surface area contributed by atoms with Crippen molar-refractivity contribution in [3.05, 3.63) is 0 Å². The highest BCUT2D eigenvalue weighted by molar-refractivity contribution is 7.80. The molecule has 27 heteroatoms. The van der Waals surface area contributed by atoms with Gasteiger partial charge in [0.25, 0.3) is 0 Å². The van der Waals surface area contributed by atoms with Gasteiger partial charge in [0.05, 0.1) is 12.6 Å². The van der Waals surface area contributed by atoms with E-state index >= 15 is 0 Å². The standard InChI is InChI=1S/C47H88N14O12S/c1-9-25(6)35(59-38(64)28(49)15-12-13-19-48)45(71)58-33(23-74)42(68)56-31(21-24(4)5)41(67)54-29(16-14-20-53-47(51)52)39(65)60-36(26(7)10-2)43(69)55-30(17-18-34(50)63)40(66)61-37(27(8)11-3)44(70)57-32(22-62)46(72)73/h24-33,35-37,62,74H,9-23,48-49H2,1-8H3,(H2,50,63)(H,54,67)(H,55,69)(H,56,68)(H,57,70)(H,58,71)(H,59,64)(H,60,65)(H,61,66)(H,72,73)(H4,51,52,53). The molecule has 0 aromatic heterocycles. The highest BCUT2D eigenvalue weighted by Crippen LogP contribution is 2.15. The van der Waals surface area contributed by atoms with E-state index in [4.69, 9.17) is 28.7 Å². The van der Waals surface area contributed by atoms with Crippen molar-refractivity contribution >= 4 is 77.7 Å². The van der Waals surface area contributed by atoms with Gasteiger partial charge < -0.3 is 81.4 Å². The van der Waals surface area contributed by atoms with Gasteiger partial charge in [-0.1, -0.05) is 81.1 Å². The number of aliphatic carboxylic acids is 1. The van der Waals surface area contributed by atoms with Crippen LogP contribution in [0, 0.1) is 23.7 Å². The zero-order chi connectivity index (χ0) is 56.8. The maximum absolute atomic E-state index is 14.3. The van der Waals surface area contributed by atoms with Crippen molar-refractivity contribution in [2.24, 2.45) is 57.3 Å². The Hall–Kier alpha value is -5.80. The van der Waals surface area contributed by atoms with Gasteiger partial charge in [0, 0.05) is 18.7 Å². The fourth-order valence-corrected chi connectivity index (χ4v) is 7.51. The number of carboxylic acids is 1. The second-order valence-electron chi connectivity index (χ2n) is 19.1. The third-order valence-corrected chi connectivity index (χ3v) is 12.9. The van der Waals surface area contributed by atoms with Gasteiger partial charge in [-0.15, -0.1) is 0 Å². The Bertz CT molecular complexity index is 1880. The molecule has 0 radical (unpaired) electrons. The summed E-state index contributed by atoms with van der Waals surface area (Å²) in [6, 6.07) is -11.8. The maximum atomic E-state index is 14.3. The SMILES string of the molecule is CCC(C)C(NC(=O)C(N)CCCCN)C(=O)NC(CS)C(=O)NC(CC(C)C)C(=O)NC(CCCN=C(N)N)C(=O)NC(C(=O)NC(CCC(N)=O)C(=O)NC(C(=O)NC(CO)C(=O)O)C(C)CC)C(C)CC. The molecule has 12 atom stereocenters. The number of nitrogens with one attached hydrogen (secondary N) is 8. The smallest absolute Gasteiger partial charge is 0.328 e. The number of nitrogens with two attached hydrogens (primary N) is 5. The summed E-state index contributed by atoms with van der Waals surface area (Å²) >= 11 is 4.30. The molecule has 424 valence electrons. The molecule has 12 unspecified atom stereocenters. The molecule has 0 saturated carbocycles. The minimum atomic E-state index is -1.68. The number of hydrogen-bond donors (Lipinski definition) is 16. The number of unbranched alkanes of at least 4 members (excludes halogenated alkanes) is 1. The quantitative estimate of drug-likeness (QED) is 0.0126. The number of nitrogens with zero attached hydrogens (tertiary/aromatic N) is 1. The monoisotopic (exact) mass is 1070 g/mol. The van der Waals surface area contributed by atoms with Crippen molar-refractivity contribution in [1.29, 1.82) is 0 Å². The van der Waals surface area contributed by atoms with Crippen LogP contribution in [0.25, 0.3) is 0 Å². The predicted octanol–water partition coefficient (Wildman–Crippen LogP) is -3.17. The summed E-state index contributed by atoms with van der Waals surface area (Å²) in [5.41, 5.74) is 28.1. The van der Waals surface area contributed by atoms with Crippen LogP contribution in [-0.4, -0.2) is 155 Å². The summed E-state index contributed by atoms with van der Waals surface area (Å²) in [7, 11) is 0. The first-order valence-electron chi connectivity index (χ1n) is 25.4. The fourth-order valence-electron chi connectivity index (χ4n) is 7.25. The summed E-state index contributed by atoms with van der Waals surface area (Å²) in [5.74, 6) is -11.0. The molecule has 0 spiro atoms. The normalized spacial score (nSPS) is 16.1. The zero-order valence-electron chi connectivity index (χ0n) is 44.4. The summed E-state index contributed by atoms with van der Waals surface area (Å²) in [6.45, 7) is 13.4. The number of aliphatic hydroxyl groups is 1. The first kappa shape index (κ1) is 68.2. The van der Waals surface area contributed by atoms with Gasteiger partial charge in [-0.25, -0.2) is 4.79 Å². The van der Waals surface area contributed by atoms with Gasteiger partial charge in [-0.2, -0.15) is 12.6 Å². The van der Waals surface area contributed by atoms with Crippen molar-refractivity contribution in [2.45, 2.75) is 180 Å². The molecule has 74 heavy (non-hydrogen) atoms. The first-order chi connectivity index (χ1) is 34.7. The van der Waals surface area contributed by atoms with E-state index in [9.17, 15) is 58.2 Å². The molecule has 0 aliphatic carbocycles. The molecule has 0 fully saturated rings. The number of aliphatic imine (C=N–C) groups is 1. The van der Waals surface area contributed by atoms with Gasteiger partial charge >= 0.3 is 5.97 Å². The van der Waals surface area contributed by atoms with Crippen LogP contribution in [0.5, 0.6) is 0 Å². The molecule has 0 saturated heterocycles. The molecule has 20 N–H and O–H groups in total. The van der Waals surface area contributed by atoms with E-state index in [1.54, 1.807) is 48.5 Å². The molecule has 0 heterocycles. The third-order valence-electron chi connectivity index (χ3n) is 12.5. The lowest BCUT2D eigenvalue weighted by Crippen LogP contribution is -2.62. The van der Waals surface area contributed by atoms with Crippen LogP contribution in [0.4, 0.5) is 0 Å². The number of hydrogen-bond acceptors (Lipinski definition) is 15. The molecule has 0 aliphatic rings. The summed E-state index contributed by atoms with van der Waals surface area (Å²) in [6.07, 6.45) is 2.13. The van der Waals surface area contributed by atoms with Crippen LogP contribution in [0.3, 0.4) is 0 Å². The van der Waals surface area contributed by atoms with Crippen LogP contribution in [0.15, 0.2) is 4.99 Å². The fraction of sp³-hybridized carbons (Fsp3) is 0.766. The number of carboxylic acid groups (broad SMARTS) is 1. The van der Waals surface area contributed by atoms with Crippen molar-refractivity contribution in [3.8, 4) is 0 Å². The van der Waals surface area contributed by atoms with E-state index in [0.717, 1.165) is 0 Å². The number of primary amides is 1. The summed E-state index contributed by atoms with van der Waals surface area (Å²) < 4.78 is 0. The molecule has 0 aliphatic heterocycles. The Morgan fingerprint density at radius 1 is 0.527 bits per heavy atom. The van der Waals surface area contributed by atoms with Crippen LogP contribution >= 0.6 is 12.6 Å². The third kappa shape index (κ3) is 25.4. The molecule has 0 rings (SSSR count). The van der Waals surface area contributed by atoms with E-state index in [1.807, 2.05) is 6.92 Å². The second kappa shape index (κ2) is 36.2. The molecule has 0 aromatic carbocycles. The van der Waals surface area contributed by atoms with Gasteiger partial charge in [0.1, 0.15) is 48.3 Å². The number of amides is 9. The van der Waals surface area contributed by atoms with Crippen molar-refractivity contribution in [3.63, 3.8) is 0 Å². The van der Waals surface area contributed by atoms with Gasteiger partial charge in [-0.3, -0.25) is 48.1 Å². The van der Waals surface area contributed by atoms with E-state index < -0.39 is 138 Å². The highest BCUT2D eigenvalue weighted by atomic mass is 32.1. The van der Waals surface area contributed by atoms with Gasteiger partial charge in [0.2, 0.25) is 53.2 Å². The minimum absolute atomic E-state index is 0.0361. The molecular weight excluding hydrogens is 985 g/mol. The first-order valence-corrected chi connectivity index (χ1v) is 26.0. The Labute approximate surface area is 440 Å². The van der Waals surface area contributed by atoms with E-state index in [2.05, 4.69) is 60.2 Å². The molecule has 0 aromatic rings. The largest absolute Gasteiger partial charge is 0.480 e. The maximum Gasteiger partial charge on any atom is 0.328 e. The lowest BCUT2D eigenvalue weighted by atomic mass is 9.95. The van der Waals surface area contributed by atoms with Crippen LogP contribution in [0.2, 0.25) is 0 Å². The number of carbonyl (C=O) groups excluding carboxylic acids is 9. The molecular formula is C47H88N14O12S. The average molecular weight is 1070 g/mol. The summed E-state index contributed by atoms with van der Waals surface area (Å²) in [5, 5.41) is 39.5. The Morgan fingerprint density at radius 2 is 0.932 bits per heavy atom. The lowest BCUT2D eigenvalue weighted by molar-refractivity contribution is -0.143. The van der Waals surface area contributed by atoms with E-state index in [0.29, 0.717) is 45.1 Å². The lowest BCUT2D eigenvalue weighted by Gasteiger charge is -2.30. The Balaban J connectivity index is 6.79. The molecule has 0 bridgehead atoms. The van der Waals surface area contributed by atoms with Crippen molar-refractivity contribution in [2.75, 3.05) is 25.4 Å². The van der Waals surface area contributed by atoms with Crippen molar-refractivity contribution < 1.29 is 58.2 Å². The Morgan fingerprint density at radius 3 is 1.34 bits per heavy atom. The number of rotatable bonds is 38. The van der Waals surface area contributed by atoms with E-state index in [1.165, 1.54) is 0 Å². The van der Waals surface area contributed by atoms with E-state index in [-0.39, 0.29) is 55.8 Å². The molecule has 26 nitrogen and oxygen atoms in total. The zero-order valence-corrected chi connectivity index (χ0v) is 45.3. The number of thiol groups is 1. The van der Waals surface area contributed by atoms with Crippen LogP contribution < -0.4 is 71.2 Å². The van der Waals surface area contributed by atoms with Gasteiger partial charge in [-0.05, 0) is 68.7 Å². The predicted molar refractivity (Wildman–Crippen MR) is 281 cm³/mol. The van der Waals surface area contributed by atoms with Crippen molar-refractivity contribution in [1.82, 2.24) is 42.5 Å².